The van der Waals surface area contributed by atoms with E-state index in [4.69, 9.17) is 4.74 Å². The molecule has 0 saturated carbocycles. The van der Waals surface area contributed by atoms with Gasteiger partial charge in [-0.15, -0.1) is 0 Å². The Morgan fingerprint density at radius 1 is 1.32 bits per heavy atom. The Kier molecular flexibility index (Phi) is 4.67. The topological polar surface area (TPSA) is 58.6 Å². The first-order valence-electron chi connectivity index (χ1n) is 8.66. The molecule has 6 nitrogen and oxygen atoms in total. The van der Waals surface area contributed by atoms with Crippen LogP contribution in [0.15, 0.2) is 24.3 Å². The van der Waals surface area contributed by atoms with Gasteiger partial charge >= 0.3 is 0 Å². The van der Waals surface area contributed by atoms with E-state index >= 15 is 0 Å². The Hall–Kier alpha value is -1.99. The van der Waals surface area contributed by atoms with E-state index in [1.54, 1.807) is 7.11 Å². The van der Waals surface area contributed by atoms with Crippen LogP contribution in [0.3, 0.4) is 0 Å². The Morgan fingerprint density at radius 2 is 2.16 bits per heavy atom. The van der Waals surface area contributed by atoms with Gasteiger partial charge in [0.05, 0.1) is 5.92 Å². The number of hydrogen-bond acceptors (Lipinski definition) is 6. The molecule has 1 amide bonds. The van der Waals surface area contributed by atoms with Gasteiger partial charge in [-0.2, -0.15) is 4.37 Å². The van der Waals surface area contributed by atoms with Crippen LogP contribution in [0.2, 0.25) is 0 Å². The number of methoxy groups -OCH3 is 1. The highest BCUT2D eigenvalue weighted by Crippen LogP contribution is 2.28. The van der Waals surface area contributed by atoms with Gasteiger partial charge in [-0.05, 0) is 24.0 Å². The molecule has 0 spiro atoms. The van der Waals surface area contributed by atoms with Crippen molar-refractivity contribution < 1.29 is 9.53 Å². The minimum atomic E-state index is 0.0556. The van der Waals surface area contributed by atoms with E-state index in [1.807, 2.05) is 4.90 Å². The molecule has 1 aromatic carbocycles. The number of rotatable bonds is 4. The largest absolute Gasteiger partial charge is 0.377 e. The third-order valence-electron chi connectivity index (χ3n) is 4.98. The van der Waals surface area contributed by atoms with Gasteiger partial charge in [0, 0.05) is 44.8 Å². The van der Waals surface area contributed by atoms with Gasteiger partial charge in [0.25, 0.3) is 0 Å². The standard InChI is InChI=1S/C18H22N4O2S/c1-24-12-16-19-18(25-20-16)22-9-7-15(11-22)17(23)21-8-6-13-4-2-3-5-14(13)10-21/h2-5,15H,6-12H2,1H3. The van der Waals surface area contributed by atoms with E-state index in [0.29, 0.717) is 12.4 Å². The summed E-state index contributed by atoms with van der Waals surface area (Å²) in [6.07, 6.45) is 1.84. The maximum Gasteiger partial charge on any atom is 0.227 e. The molecule has 1 fully saturated rings. The number of fused-ring (bicyclic) bond motifs is 1. The number of amides is 1. The smallest absolute Gasteiger partial charge is 0.227 e. The van der Waals surface area contributed by atoms with Crippen molar-refractivity contribution in [1.82, 2.24) is 14.3 Å². The Morgan fingerprint density at radius 3 is 3.00 bits per heavy atom. The first-order valence-corrected chi connectivity index (χ1v) is 9.44. The van der Waals surface area contributed by atoms with Gasteiger partial charge in [0.1, 0.15) is 6.61 Å². The van der Waals surface area contributed by atoms with Gasteiger partial charge in [-0.1, -0.05) is 24.3 Å². The first kappa shape index (κ1) is 16.5. The number of carbonyl (C=O) groups is 1. The van der Waals surface area contributed by atoms with Gasteiger partial charge < -0.3 is 14.5 Å². The Labute approximate surface area is 151 Å². The van der Waals surface area contributed by atoms with Crippen LogP contribution in [0.25, 0.3) is 0 Å². The zero-order valence-electron chi connectivity index (χ0n) is 14.4. The second-order valence-electron chi connectivity index (χ2n) is 6.64. The van der Waals surface area contributed by atoms with Crippen molar-refractivity contribution >= 4 is 22.6 Å². The summed E-state index contributed by atoms with van der Waals surface area (Å²) in [4.78, 5) is 21.6. The lowest BCUT2D eigenvalue weighted by molar-refractivity contribution is -0.135. The summed E-state index contributed by atoms with van der Waals surface area (Å²) >= 11 is 1.39. The van der Waals surface area contributed by atoms with Gasteiger partial charge in [-0.3, -0.25) is 4.79 Å². The maximum atomic E-state index is 12.9. The van der Waals surface area contributed by atoms with E-state index in [1.165, 1.54) is 22.7 Å². The number of hydrogen-bond donors (Lipinski definition) is 0. The zero-order chi connectivity index (χ0) is 17.2. The molecule has 7 heteroatoms. The van der Waals surface area contributed by atoms with Gasteiger partial charge in [0.2, 0.25) is 11.0 Å². The van der Waals surface area contributed by atoms with Crippen LogP contribution in [0, 0.1) is 5.92 Å². The Bertz CT molecular complexity index is 763. The first-order chi connectivity index (χ1) is 12.2. The highest BCUT2D eigenvalue weighted by Gasteiger charge is 2.33. The van der Waals surface area contributed by atoms with Crippen LogP contribution in [0.1, 0.15) is 23.4 Å². The SMILES string of the molecule is COCc1nsc(N2CCC(C(=O)N3CCc4ccccc4C3)C2)n1. The fraction of sp³-hybridized carbons (Fsp3) is 0.500. The van der Waals surface area contributed by atoms with E-state index in [0.717, 1.165) is 44.2 Å². The molecule has 0 radical (unpaired) electrons. The van der Waals surface area contributed by atoms with Crippen LogP contribution in [-0.4, -0.2) is 46.9 Å². The second-order valence-corrected chi connectivity index (χ2v) is 7.37. The lowest BCUT2D eigenvalue weighted by Crippen LogP contribution is -2.40. The molecule has 2 aromatic rings. The molecule has 4 rings (SSSR count). The highest BCUT2D eigenvalue weighted by atomic mass is 32.1. The maximum absolute atomic E-state index is 12.9. The number of aromatic nitrogens is 2. The normalized spacial score (nSPS) is 20.0. The minimum Gasteiger partial charge on any atom is -0.377 e. The van der Waals surface area contributed by atoms with Crippen molar-refractivity contribution in [2.24, 2.45) is 5.92 Å². The van der Waals surface area contributed by atoms with Crippen molar-refractivity contribution in [3.8, 4) is 0 Å². The summed E-state index contributed by atoms with van der Waals surface area (Å²) in [6.45, 7) is 3.59. The van der Waals surface area contributed by atoms with E-state index in [9.17, 15) is 4.79 Å². The van der Waals surface area contributed by atoms with Gasteiger partial charge in [-0.25, -0.2) is 4.98 Å². The lowest BCUT2D eigenvalue weighted by Gasteiger charge is -2.30. The summed E-state index contributed by atoms with van der Waals surface area (Å²) in [7, 11) is 1.64. The zero-order valence-corrected chi connectivity index (χ0v) is 15.2. The molecular formula is C18H22N4O2S. The molecule has 1 unspecified atom stereocenters. The quantitative estimate of drug-likeness (QED) is 0.838. The third kappa shape index (κ3) is 3.39. The third-order valence-corrected chi connectivity index (χ3v) is 5.80. The average Bonchev–Trinajstić information content (AvgIpc) is 3.30. The number of benzene rings is 1. The predicted octanol–water partition coefficient (Wildman–Crippen LogP) is 2.10. The fourth-order valence-corrected chi connectivity index (χ4v) is 4.35. The molecule has 2 aliphatic heterocycles. The number of nitrogens with zero attached hydrogens (tertiary/aromatic N) is 4. The second kappa shape index (κ2) is 7.09. The summed E-state index contributed by atoms with van der Waals surface area (Å²) in [5.74, 6) is 1.04. The minimum absolute atomic E-state index is 0.0556. The molecule has 132 valence electrons. The van der Waals surface area contributed by atoms with Crippen molar-refractivity contribution in [3.63, 3.8) is 0 Å². The van der Waals surface area contributed by atoms with Crippen molar-refractivity contribution in [3.05, 3.63) is 41.2 Å². The van der Waals surface area contributed by atoms with E-state index in [-0.39, 0.29) is 11.8 Å². The predicted molar refractivity (Wildman–Crippen MR) is 96.5 cm³/mol. The number of anilines is 1. The number of ether oxygens (including phenoxy) is 1. The molecule has 1 aromatic heterocycles. The fourth-order valence-electron chi connectivity index (χ4n) is 3.64. The van der Waals surface area contributed by atoms with Crippen LogP contribution < -0.4 is 4.90 Å². The molecule has 1 atom stereocenters. The van der Waals surface area contributed by atoms with Crippen molar-refractivity contribution in [1.29, 1.82) is 0 Å². The molecular weight excluding hydrogens is 336 g/mol. The van der Waals surface area contributed by atoms with Crippen molar-refractivity contribution in [2.75, 3.05) is 31.6 Å². The van der Waals surface area contributed by atoms with Crippen LogP contribution >= 0.6 is 11.5 Å². The summed E-state index contributed by atoms with van der Waals surface area (Å²) < 4.78 is 9.38. The summed E-state index contributed by atoms with van der Waals surface area (Å²) in [5, 5.41) is 0.895. The summed E-state index contributed by atoms with van der Waals surface area (Å²) in [5.41, 5.74) is 2.66. The van der Waals surface area contributed by atoms with Crippen LogP contribution in [0.4, 0.5) is 5.13 Å². The van der Waals surface area contributed by atoms with Crippen LogP contribution in [0.5, 0.6) is 0 Å². The molecule has 3 heterocycles. The molecule has 2 aliphatic rings. The molecule has 1 saturated heterocycles. The monoisotopic (exact) mass is 358 g/mol. The molecule has 0 aliphatic carbocycles. The van der Waals surface area contributed by atoms with E-state index in [2.05, 4.69) is 38.5 Å². The van der Waals surface area contributed by atoms with E-state index < -0.39 is 0 Å². The highest BCUT2D eigenvalue weighted by molar-refractivity contribution is 7.09. The Balaban J connectivity index is 1.39. The number of carbonyl (C=O) groups excluding carboxylic acids is 1. The lowest BCUT2D eigenvalue weighted by atomic mass is 9.98. The molecule has 0 N–H and O–H groups in total. The molecule has 25 heavy (non-hydrogen) atoms. The van der Waals surface area contributed by atoms with Gasteiger partial charge in [0.15, 0.2) is 5.82 Å². The van der Waals surface area contributed by atoms with Crippen LogP contribution in [-0.2, 0) is 29.1 Å². The van der Waals surface area contributed by atoms with Crippen molar-refractivity contribution in [2.45, 2.75) is 26.0 Å². The average molecular weight is 358 g/mol. The summed E-state index contributed by atoms with van der Waals surface area (Å²) in [6, 6.07) is 8.43. The molecule has 0 bridgehead atoms.